The third kappa shape index (κ3) is 1.58. The molecule has 0 saturated heterocycles. The second-order valence-corrected chi connectivity index (χ2v) is 6.30. The largest absolute Gasteiger partial charge is 0.345 e. The number of hydrogen-bond acceptors (Lipinski definition) is 1. The first-order valence-corrected chi connectivity index (χ1v) is 7.98. The zero-order valence-electron chi connectivity index (χ0n) is 12.9. The van der Waals surface area contributed by atoms with Crippen LogP contribution in [-0.2, 0) is 13.5 Å². The summed E-state index contributed by atoms with van der Waals surface area (Å²) in [7, 11) is 2.11. The van der Waals surface area contributed by atoms with E-state index < -0.39 is 0 Å². The summed E-state index contributed by atoms with van der Waals surface area (Å²) in [5.74, 6) is 0. The fraction of sp³-hybridized carbons (Fsp3) is 0.211. The number of aryl methyl sites for hydroxylation is 1. The van der Waals surface area contributed by atoms with Gasteiger partial charge < -0.3 is 14.8 Å². The number of fused-ring (bicyclic) bond motifs is 7. The number of carbonyl (C=O) groups is 1. The summed E-state index contributed by atoms with van der Waals surface area (Å²) in [4.78, 5) is 14.5. The zero-order valence-corrected chi connectivity index (χ0v) is 12.9. The van der Waals surface area contributed by atoms with E-state index in [9.17, 15) is 4.79 Å². The van der Waals surface area contributed by atoms with E-state index in [2.05, 4.69) is 47.3 Å². The molecule has 3 aromatic rings. The molecule has 1 aromatic heterocycles. The highest BCUT2D eigenvalue weighted by Gasteiger charge is 2.39. The van der Waals surface area contributed by atoms with Gasteiger partial charge in [-0.3, -0.25) is 0 Å². The summed E-state index contributed by atoms with van der Waals surface area (Å²) >= 11 is 0. The van der Waals surface area contributed by atoms with E-state index in [0.717, 1.165) is 18.7 Å². The van der Waals surface area contributed by atoms with E-state index in [1.54, 1.807) is 0 Å². The summed E-state index contributed by atoms with van der Waals surface area (Å²) in [6, 6.07) is 16.7. The minimum absolute atomic E-state index is 0.00102. The Balaban J connectivity index is 1.84. The van der Waals surface area contributed by atoms with E-state index in [-0.39, 0.29) is 12.1 Å². The zero-order chi connectivity index (χ0) is 15.6. The van der Waals surface area contributed by atoms with Crippen molar-refractivity contribution < 1.29 is 4.79 Å². The van der Waals surface area contributed by atoms with Crippen LogP contribution in [0.3, 0.4) is 0 Å². The molecule has 2 aliphatic rings. The average Bonchev–Trinajstić information content (AvgIpc) is 2.88. The number of benzene rings is 2. The Bertz CT molecular complexity index is 956. The third-order valence-electron chi connectivity index (χ3n) is 5.19. The van der Waals surface area contributed by atoms with Gasteiger partial charge in [-0.1, -0.05) is 36.4 Å². The Kier molecular flexibility index (Phi) is 2.43. The van der Waals surface area contributed by atoms with Crippen molar-refractivity contribution in [2.45, 2.75) is 12.5 Å². The maximum Gasteiger partial charge on any atom is 0.322 e. The van der Waals surface area contributed by atoms with Gasteiger partial charge in [-0.15, -0.1) is 0 Å². The molecular formula is C19H17N3O. The fourth-order valence-electron chi connectivity index (χ4n) is 4.18. The maximum absolute atomic E-state index is 12.5. The molecule has 0 radical (unpaired) electrons. The predicted octanol–water partition coefficient (Wildman–Crippen LogP) is 3.67. The van der Waals surface area contributed by atoms with Crippen LogP contribution in [0.5, 0.6) is 0 Å². The monoisotopic (exact) mass is 303 g/mol. The van der Waals surface area contributed by atoms with Crippen LogP contribution in [0.25, 0.3) is 10.9 Å². The van der Waals surface area contributed by atoms with Gasteiger partial charge in [0.25, 0.3) is 0 Å². The molecule has 4 nitrogen and oxygen atoms in total. The van der Waals surface area contributed by atoms with Gasteiger partial charge in [0, 0.05) is 41.4 Å². The van der Waals surface area contributed by atoms with Crippen molar-refractivity contribution in [1.82, 2.24) is 9.47 Å². The summed E-state index contributed by atoms with van der Waals surface area (Å²) in [6.45, 7) is 0.756. The van der Waals surface area contributed by atoms with Crippen molar-refractivity contribution in [3.8, 4) is 0 Å². The molecule has 0 aliphatic carbocycles. The quantitative estimate of drug-likeness (QED) is 0.676. The van der Waals surface area contributed by atoms with Crippen LogP contribution in [0.4, 0.5) is 10.5 Å². The smallest absolute Gasteiger partial charge is 0.322 e. The SMILES string of the molecule is Cn1c2c(c3ccccc31)CCN1C(=O)Nc3ccccc3C21. The fourth-order valence-corrected chi connectivity index (χ4v) is 4.18. The third-order valence-corrected chi connectivity index (χ3v) is 5.19. The van der Waals surface area contributed by atoms with Gasteiger partial charge in [-0.2, -0.15) is 0 Å². The van der Waals surface area contributed by atoms with Crippen molar-refractivity contribution in [2.24, 2.45) is 7.05 Å². The Morgan fingerprint density at radius 1 is 1.09 bits per heavy atom. The molecule has 2 amide bonds. The molecule has 0 saturated carbocycles. The molecule has 3 heterocycles. The van der Waals surface area contributed by atoms with Gasteiger partial charge in [-0.05, 0) is 24.1 Å². The van der Waals surface area contributed by atoms with Gasteiger partial charge in [0.15, 0.2) is 0 Å². The van der Waals surface area contributed by atoms with Gasteiger partial charge in [0.05, 0.1) is 0 Å². The highest BCUT2D eigenvalue weighted by Crippen LogP contribution is 2.44. The van der Waals surface area contributed by atoms with E-state index >= 15 is 0 Å². The molecule has 1 unspecified atom stereocenters. The molecule has 5 rings (SSSR count). The molecule has 2 aromatic carbocycles. The molecule has 23 heavy (non-hydrogen) atoms. The number of nitrogens with one attached hydrogen (secondary N) is 1. The van der Waals surface area contributed by atoms with Crippen molar-refractivity contribution in [3.05, 3.63) is 65.4 Å². The molecule has 4 heteroatoms. The van der Waals surface area contributed by atoms with Crippen LogP contribution in [0.2, 0.25) is 0 Å². The lowest BCUT2D eigenvalue weighted by atomic mass is 9.90. The first-order valence-electron chi connectivity index (χ1n) is 7.98. The maximum atomic E-state index is 12.5. The molecule has 0 spiro atoms. The molecule has 114 valence electrons. The standard InChI is InChI=1S/C19H17N3O/c1-21-16-9-5-3-6-12(16)13-10-11-22-18(17(13)21)14-7-2-4-8-15(14)20-19(22)23/h2-9,18H,10-11H2,1H3,(H,20,23). The van der Waals surface area contributed by atoms with Crippen LogP contribution >= 0.6 is 0 Å². The van der Waals surface area contributed by atoms with Gasteiger partial charge >= 0.3 is 6.03 Å². The molecular weight excluding hydrogens is 286 g/mol. The summed E-state index contributed by atoms with van der Waals surface area (Å²) in [6.07, 6.45) is 0.906. The number of aromatic nitrogens is 1. The van der Waals surface area contributed by atoms with Crippen LogP contribution in [0, 0.1) is 0 Å². The van der Waals surface area contributed by atoms with E-state index in [0.29, 0.717) is 0 Å². The number of amides is 2. The summed E-state index contributed by atoms with van der Waals surface area (Å²) in [5.41, 5.74) is 5.98. The summed E-state index contributed by atoms with van der Waals surface area (Å²) < 4.78 is 2.26. The van der Waals surface area contributed by atoms with E-state index in [1.165, 1.54) is 27.7 Å². The molecule has 0 fully saturated rings. The number of carbonyl (C=O) groups excluding carboxylic acids is 1. The van der Waals surface area contributed by atoms with Crippen LogP contribution in [-0.4, -0.2) is 22.0 Å². The van der Waals surface area contributed by atoms with Crippen molar-refractivity contribution in [3.63, 3.8) is 0 Å². The van der Waals surface area contributed by atoms with Crippen LogP contribution in [0.1, 0.15) is 22.9 Å². The molecule has 2 aliphatic heterocycles. The number of hydrogen-bond donors (Lipinski definition) is 1. The lowest BCUT2D eigenvalue weighted by Crippen LogP contribution is -2.46. The normalized spacial score (nSPS) is 19.1. The van der Waals surface area contributed by atoms with Crippen molar-refractivity contribution >= 4 is 22.6 Å². The number of anilines is 1. The molecule has 1 N–H and O–H groups in total. The summed E-state index contributed by atoms with van der Waals surface area (Å²) in [5, 5.41) is 4.33. The van der Waals surface area contributed by atoms with Gasteiger partial charge in [0.1, 0.15) is 6.04 Å². The number of para-hydroxylation sites is 2. The minimum atomic E-state index is 0.00102. The first kappa shape index (κ1) is 12.8. The second kappa shape index (κ2) is 4.38. The Morgan fingerprint density at radius 3 is 2.78 bits per heavy atom. The second-order valence-electron chi connectivity index (χ2n) is 6.30. The van der Waals surface area contributed by atoms with Gasteiger partial charge in [0.2, 0.25) is 0 Å². The van der Waals surface area contributed by atoms with Gasteiger partial charge in [-0.25, -0.2) is 4.79 Å². The average molecular weight is 303 g/mol. The highest BCUT2D eigenvalue weighted by atomic mass is 16.2. The Hall–Kier alpha value is -2.75. The van der Waals surface area contributed by atoms with E-state index in [1.807, 2.05) is 23.1 Å². The van der Waals surface area contributed by atoms with Crippen LogP contribution < -0.4 is 5.32 Å². The van der Waals surface area contributed by atoms with Crippen LogP contribution in [0.15, 0.2) is 48.5 Å². The van der Waals surface area contributed by atoms with E-state index in [4.69, 9.17) is 0 Å². The molecule has 0 bridgehead atoms. The topological polar surface area (TPSA) is 37.3 Å². The van der Waals surface area contributed by atoms with Crippen molar-refractivity contribution in [1.29, 1.82) is 0 Å². The number of urea groups is 1. The predicted molar refractivity (Wildman–Crippen MR) is 90.6 cm³/mol. The lowest BCUT2D eigenvalue weighted by Gasteiger charge is -2.41. The Morgan fingerprint density at radius 2 is 1.87 bits per heavy atom. The lowest BCUT2D eigenvalue weighted by molar-refractivity contribution is 0.188. The highest BCUT2D eigenvalue weighted by molar-refractivity contribution is 5.95. The first-order chi connectivity index (χ1) is 11.3. The number of rotatable bonds is 0. The molecule has 1 atom stereocenters. The Labute approximate surface area is 134 Å². The minimum Gasteiger partial charge on any atom is -0.345 e. The number of nitrogens with zero attached hydrogens (tertiary/aromatic N) is 2. The van der Waals surface area contributed by atoms with Crippen molar-refractivity contribution in [2.75, 3.05) is 11.9 Å².